The number of aliphatic hydroxyl groups is 1. The molecule has 1 amide bonds. The molecule has 0 unspecified atom stereocenters. The highest BCUT2D eigenvalue weighted by atomic mass is 16.5. The van der Waals surface area contributed by atoms with E-state index in [1.54, 1.807) is 45.4 Å². The average molecular weight is 468 g/mol. The van der Waals surface area contributed by atoms with E-state index in [1.807, 2.05) is 24.3 Å². The Labute approximate surface area is 197 Å². The number of methoxy groups -OCH3 is 2. The third kappa shape index (κ3) is 6.35. The van der Waals surface area contributed by atoms with Crippen molar-refractivity contribution in [1.82, 2.24) is 14.9 Å². The van der Waals surface area contributed by atoms with E-state index >= 15 is 0 Å². The molecule has 1 aromatic heterocycles. The maximum absolute atomic E-state index is 13.1. The lowest BCUT2D eigenvalue weighted by atomic mass is 10.1. The molecule has 0 radical (unpaired) electrons. The van der Waals surface area contributed by atoms with Gasteiger partial charge in [0, 0.05) is 30.8 Å². The van der Waals surface area contributed by atoms with Crippen molar-refractivity contribution < 1.29 is 24.1 Å². The third-order valence-electron chi connectivity index (χ3n) is 5.26. The summed E-state index contributed by atoms with van der Waals surface area (Å²) < 4.78 is 17.4. The van der Waals surface area contributed by atoms with Crippen molar-refractivity contribution in [3.63, 3.8) is 0 Å². The van der Waals surface area contributed by atoms with Crippen LogP contribution in [0.3, 0.4) is 0 Å². The van der Waals surface area contributed by atoms with Gasteiger partial charge in [0.2, 0.25) is 5.91 Å². The van der Waals surface area contributed by atoms with Gasteiger partial charge in [-0.05, 0) is 48.9 Å². The summed E-state index contributed by atoms with van der Waals surface area (Å²) in [6.45, 7) is 1.56. The molecule has 9 nitrogen and oxygen atoms in total. The maximum Gasteiger partial charge on any atom is 0.257 e. The van der Waals surface area contributed by atoms with Crippen LogP contribution in [0.25, 0.3) is 0 Å². The third-order valence-corrected chi connectivity index (χ3v) is 5.26. The molecule has 0 fully saturated rings. The Morgan fingerprint density at radius 3 is 2.44 bits per heavy atom. The number of amides is 1. The topological polar surface area (TPSA) is 112 Å². The molecule has 0 saturated heterocycles. The second kappa shape index (κ2) is 11.9. The van der Waals surface area contributed by atoms with E-state index in [9.17, 15) is 14.7 Å². The summed E-state index contributed by atoms with van der Waals surface area (Å²) in [6.07, 6.45) is 0.155. The SMILES string of the molecule is COc1ccc(OCc2nc(C)c(CCO)c(=O)n2CC(=O)NCc2cccc(OC)c2)cc1. The molecular weight excluding hydrogens is 438 g/mol. The minimum Gasteiger partial charge on any atom is -0.497 e. The zero-order chi connectivity index (χ0) is 24.5. The lowest BCUT2D eigenvalue weighted by molar-refractivity contribution is -0.121. The van der Waals surface area contributed by atoms with Crippen molar-refractivity contribution in [3.8, 4) is 17.2 Å². The highest BCUT2D eigenvalue weighted by molar-refractivity contribution is 5.75. The summed E-state index contributed by atoms with van der Waals surface area (Å²) in [5.41, 5.74) is 1.37. The fourth-order valence-electron chi connectivity index (χ4n) is 3.43. The standard InChI is InChI=1S/C25H29N3O6/c1-17-22(11-12-29)25(31)28(15-24(30)26-14-18-5-4-6-21(13-18)33-3)23(27-17)16-34-20-9-7-19(32-2)8-10-20/h4-10,13,29H,11-12,14-16H2,1-3H3,(H,26,30). The molecule has 180 valence electrons. The van der Waals surface area contributed by atoms with Crippen LogP contribution in [-0.2, 0) is 30.9 Å². The van der Waals surface area contributed by atoms with Gasteiger partial charge in [-0.2, -0.15) is 0 Å². The Morgan fingerprint density at radius 1 is 1.06 bits per heavy atom. The monoisotopic (exact) mass is 467 g/mol. The molecular formula is C25H29N3O6. The summed E-state index contributed by atoms with van der Waals surface area (Å²) >= 11 is 0. The molecule has 2 N–H and O–H groups in total. The molecule has 34 heavy (non-hydrogen) atoms. The van der Waals surface area contributed by atoms with Crippen molar-refractivity contribution >= 4 is 5.91 Å². The summed E-state index contributed by atoms with van der Waals surface area (Å²) in [6, 6.07) is 14.4. The van der Waals surface area contributed by atoms with Gasteiger partial charge in [0.05, 0.1) is 14.2 Å². The van der Waals surface area contributed by atoms with Gasteiger partial charge in [0.25, 0.3) is 5.56 Å². The number of hydrogen-bond acceptors (Lipinski definition) is 7. The first kappa shape index (κ1) is 24.8. The van der Waals surface area contributed by atoms with E-state index in [2.05, 4.69) is 10.3 Å². The summed E-state index contributed by atoms with van der Waals surface area (Å²) in [5.74, 6) is 1.92. The van der Waals surface area contributed by atoms with Crippen molar-refractivity contribution in [2.45, 2.75) is 33.0 Å². The first-order valence-corrected chi connectivity index (χ1v) is 10.8. The van der Waals surface area contributed by atoms with E-state index in [1.165, 1.54) is 4.57 Å². The fraction of sp³-hybridized carbons (Fsp3) is 0.320. The Hall–Kier alpha value is -3.85. The van der Waals surface area contributed by atoms with Crippen LogP contribution in [0.15, 0.2) is 53.3 Å². The second-order valence-electron chi connectivity index (χ2n) is 7.55. The number of aliphatic hydroxyl groups excluding tert-OH is 1. The number of benzene rings is 2. The molecule has 0 aliphatic carbocycles. The molecule has 0 bridgehead atoms. The number of nitrogens with zero attached hydrogens (tertiary/aromatic N) is 2. The normalized spacial score (nSPS) is 10.6. The lowest BCUT2D eigenvalue weighted by Crippen LogP contribution is -2.37. The minimum absolute atomic E-state index is 0.00895. The Bertz CT molecular complexity index is 1170. The van der Waals surface area contributed by atoms with Crippen LogP contribution in [0.2, 0.25) is 0 Å². The molecule has 0 aliphatic heterocycles. The van der Waals surface area contributed by atoms with Crippen molar-refractivity contribution in [2.75, 3.05) is 20.8 Å². The Kier molecular flexibility index (Phi) is 8.64. The number of carbonyl (C=O) groups is 1. The first-order chi connectivity index (χ1) is 16.4. The Balaban J connectivity index is 1.78. The van der Waals surface area contributed by atoms with E-state index in [-0.39, 0.29) is 44.2 Å². The van der Waals surface area contributed by atoms with Crippen LogP contribution in [0.1, 0.15) is 22.6 Å². The summed E-state index contributed by atoms with van der Waals surface area (Å²) in [4.78, 5) is 30.3. The second-order valence-corrected chi connectivity index (χ2v) is 7.55. The molecule has 0 saturated carbocycles. The van der Waals surface area contributed by atoms with Gasteiger partial charge < -0.3 is 24.6 Å². The molecule has 1 heterocycles. The number of nitrogens with one attached hydrogen (secondary N) is 1. The smallest absolute Gasteiger partial charge is 0.257 e. The summed E-state index contributed by atoms with van der Waals surface area (Å²) in [7, 11) is 3.16. The average Bonchev–Trinajstić information content (AvgIpc) is 2.86. The van der Waals surface area contributed by atoms with Crippen LogP contribution in [-0.4, -0.2) is 41.4 Å². The molecule has 0 spiro atoms. The van der Waals surface area contributed by atoms with Gasteiger partial charge in [-0.15, -0.1) is 0 Å². The van der Waals surface area contributed by atoms with E-state index in [4.69, 9.17) is 14.2 Å². The maximum atomic E-state index is 13.1. The van der Waals surface area contributed by atoms with Crippen LogP contribution in [0.5, 0.6) is 17.2 Å². The predicted octanol–water partition coefficient (Wildman–Crippen LogP) is 2.00. The van der Waals surface area contributed by atoms with E-state index < -0.39 is 0 Å². The molecule has 0 atom stereocenters. The highest BCUT2D eigenvalue weighted by Gasteiger charge is 2.17. The molecule has 3 rings (SSSR count). The van der Waals surface area contributed by atoms with Crippen molar-refractivity contribution in [1.29, 1.82) is 0 Å². The molecule has 0 aliphatic rings. The quantitative estimate of drug-likeness (QED) is 0.444. The highest BCUT2D eigenvalue weighted by Crippen LogP contribution is 2.18. The van der Waals surface area contributed by atoms with Crippen LogP contribution < -0.4 is 25.1 Å². The number of aryl methyl sites for hydroxylation is 1. The largest absolute Gasteiger partial charge is 0.497 e. The zero-order valence-electron chi connectivity index (χ0n) is 19.5. The van der Waals surface area contributed by atoms with Crippen molar-refractivity contribution in [3.05, 3.63) is 81.5 Å². The first-order valence-electron chi connectivity index (χ1n) is 10.8. The molecule has 9 heteroatoms. The minimum atomic E-state index is -0.369. The van der Waals surface area contributed by atoms with Gasteiger partial charge in [0.15, 0.2) is 0 Å². The fourth-order valence-corrected chi connectivity index (χ4v) is 3.43. The number of carbonyl (C=O) groups excluding carboxylic acids is 1. The van der Waals surface area contributed by atoms with Gasteiger partial charge in [-0.25, -0.2) is 4.98 Å². The van der Waals surface area contributed by atoms with Gasteiger partial charge in [0.1, 0.15) is 36.2 Å². The van der Waals surface area contributed by atoms with Gasteiger partial charge in [-0.1, -0.05) is 12.1 Å². The number of ether oxygens (including phenoxy) is 3. The lowest BCUT2D eigenvalue weighted by Gasteiger charge is -2.16. The molecule has 2 aromatic carbocycles. The van der Waals surface area contributed by atoms with Crippen LogP contribution >= 0.6 is 0 Å². The number of hydrogen-bond donors (Lipinski definition) is 2. The van der Waals surface area contributed by atoms with Crippen LogP contribution in [0, 0.1) is 6.92 Å². The van der Waals surface area contributed by atoms with E-state index in [0.717, 1.165) is 5.56 Å². The predicted molar refractivity (Wildman–Crippen MR) is 126 cm³/mol. The van der Waals surface area contributed by atoms with E-state index in [0.29, 0.717) is 34.3 Å². The zero-order valence-corrected chi connectivity index (χ0v) is 19.5. The van der Waals surface area contributed by atoms with Crippen LogP contribution in [0.4, 0.5) is 0 Å². The van der Waals surface area contributed by atoms with Crippen molar-refractivity contribution in [2.24, 2.45) is 0 Å². The van der Waals surface area contributed by atoms with Gasteiger partial charge >= 0.3 is 0 Å². The summed E-state index contributed by atoms with van der Waals surface area (Å²) in [5, 5.41) is 12.2. The Morgan fingerprint density at radius 2 is 1.76 bits per heavy atom. The van der Waals surface area contributed by atoms with Gasteiger partial charge in [-0.3, -0.25) is 14.2 Å². The molecule has 3 aromatic rings. The number of rotatable bonds is 11. The number of aromatic nitrogens is 2.